The summed E-state index contributed by atoms with van der Waals surface area (Å²) in [5, 5.41) is 0.234. The lowest BCUT2D eigenvalue weighted by Crippen LogP contribution is -2.41. The molecule has 9 heavy (non-hydrogen) atoms. The van der Waals surface area contributed by atoms with Crippen LogP contribution < -0.4 is 0 Å². The molecule has 1 atom stereocenters. The quantitative estimate of drug-likeness (QED) is 0.465. The zero-order chi connectivity index (χ0) is 6.74. The summed E-state index contributed by atoms with van der Waals surface area (Å²) in [6.07, 6.45) is 3.88. The number of rotatable bonds is 1. The molecule has 1 saturated heterocycles. The van der Waals surface area contributed by atoms with Gasteiger partial charge in [0.25, 0.3) is 0 Å². The van der Waals surface area contributed by atoms with Crippen LogP contribution in [-0.4, -0.2) is 29.3 Å². The average Bonchev–Trinajstić information content (AvgIpc) is 1.90. The van der Waals surface area contributed by atoms with Crippen LogP contribution in [0.25, 0.3) is 0 Å². The predicted octanol–water partition coefficient (Wildman–Crippen LogP) is -0.0416. The minimum Gasteiger partial charge on any atom is -0.388 e. The summed E-state index contributed by atoms with van der Waals surface area (Å²) in [6, 6.07) is 0. The molecule has 0 N–H and O–H groups in total. The Bertz CT molecular complexity index is 91.1. The van der Waals surface area contributed by atoms with E-state index >= 15 is 0 Å². The van der Waals surface area contributed by atoms with Gasteiger partial charge in [0.1, 0.15) is 7.28 Å². The second-order valence-corrected chi connectivity index (χ2v) is 4.60. The van der Waals surface area contributed by atoms with E-state index in [1.807, 2.05) is 0 Å². The van der Waals surface area contributed by atoms with Crippen molar-refractivity contribution >= 4 is 17.5 Å². The first-order chi connectivity index (χ1) is 4.27. The smallest absolute Gasteiger partial charge is 0.144 e. The molecule has 1 heterocycles. The Kier molecular flexibility index (Phi) is 2.36. The summed E-state index contributed by atoms with van der Waals surface area (Å²) in [7, 11) is 3.37. The summed E-state index contributed by atoms with van der Waals surface area (Å²) >= 11 is 0. The minimum atomic E-state index is 0.234. The highest BCUT2D eigenvalue weighted by atomic mass is 28.1. The zero-order valence-corrected chi connectivity index (χ0v) is 8.31. The van der Waals surface area contributed by atoms with Gasteiger partial charge >= 0.3 is 0 Å². The largest absolute Gasteiger partial charge is 0.388 e. The molecule has 1 fully saturated rings. The molecule has 0 aromatic heterocycles. The van der Waals surface area contributed by atoms with Gasteiger partial charge in [0.2, 0.25) is 0 Å². The molecule has 51 valence electrons. The minimum absolute atomic E-state index is 0.234. The maximum Gasteiger partial charge on any atom is 0.144 e. The van der Waals surface area contributed by atoms with Crippen LogP contribution in [0.4, 0.5) is 0 Å². The molecule has 1 rings (SSSR count). The second kappa shape index (κ2) is 2.88. The molecule has 1 radical (unpaired) electrons. The molecule has 0 bridgehead atoms. The third kappa shape index (κ3) is 1.83. The summed E-state index contributed by atoms with van der Waals surface area (Å²) in [5.74, 6) is 0. The van der Waals surface area contributed by atoms with Crippen molar-refractivity contribution in [3.63, 3.8) is 0 Å². The normalized spacial score (nSPS) is 36.6. The van der Waals surface area contributed by atoms with Crippen LogP contribution in [0.2, 0.25) is 6.82 Å². The molecule has 0 aromatic rings. The number of ether oxygens (including phenoxy) is 1. The van der Waals surface area contributed by atoms with Gasteiger partial charge < -0.3 is 4.74 Å². The van der Waals surface area contributed by atoms with Crippen LogP contribution in [0.1, 0.15) is 19.3 Å². The Morgan fingerprint density at radius 2 is 2.33 bits per heavy atom. The van der Waals surface area contributed by atoms with Crippen LogP contribution in [0.15, 0.2) is 0 Å². The van der Waals surface area contributed by atoms with Crippen molar-refractivity contribution in [1.29, 1.82) is 0 Å². The van der Waals surface area contributed by atoms with Crippen molar-refractivity contribution in [3.05, 3.63) is 0 Å². The van der Waals surface area contributed by atoms with Crippen molar-refractivity contribution in [2.24, 2.45) is 0 Å². The molecule has 0 amide bonds. The molecule has 0 aliphatic carbocycles. The monoisotopic (exact) mass is 141 g/mol. The van der Waals surface area contributed by atoms with Gasteiger partial charge in [-0.2, -0.15) is 0 Å². The molecule has 0 aromatic carbocycles. The lowest BCUT2D eigenvalue weighted by Gasteiger charge is -2.32. The molecule has 0 spiro atoms. The van der Waals surface area contributed by atoms with Gasteiger partial charge in [-0.15, -0.1) is 0 Å². The van der Waals surface area contributed by atoms with Crippen molar-refractivity contribution in [3.8, 4) is 0 Å². The third-order valence-corrected chi connectivity index (χ3v) is 3.48. The van der Waals surface area contributed by atoms with E-state index in [0.717, 1.165) is 16.8 Å². The van der Waals surface area contributed by atoms with Crippen LogP contribution in [-0.2, 0) is 4.74 Å². The van der Waals surface area contributed by atoms with Crippen LogP contribution in [0.5, 0.6) is 0 Å². The lowest BCUT2D eigenvalue weighted by molar-refractivity contribution is 0.0361. The van der Waals surface area contributed by atoms with Crippen LogP contribution in [0, 0.1) is 0 Å². The van der Waals surface area contributed by atoms with Gasteiger partial charge in [0.15, 0.2) is 0 Å². The molecule has 1 unspecified atom stereocenters. The van der Waals surface area contributed by atoms with Gasteiger partial charge in [-0.05, 0) is 19.3 Å². The Balaban J connectivity index is 2.37. The fraction of sp³-hybridized carbons (Fsp3) is 1.00. The maximum atomic E-state index is 5.62. The number of hydrogen-bond donors (Lipinski definition) is 0. The first-order valence-corrected chi connectivity index (χ1v) is 4.71. The van der Waals surface area contributed by atoms with Gasteiger partial charge in [0, 0.05) is 22.0 Å². The van der Waals surface area contributed by atoms with Gasteiger partial charge in [-0.1, -0.05) is 6.82 Å². The van der Waals surface area contributed by atoms with E-state index in [1.54, 1.807) is 0 Å². The Hall–Kier alpha value is 0.242. The van der Waals surface area contributed by atoms with Crippen molar-refractivity contribution < 1.29 is 4.74 Å². The Morgan fingerprint density at radius 3 is 2.67 bits per heavy atom. The predicted molar refractivity (Wildman–Crippen MR) is 44.1 cm³/mol. The van der Waals surface area contributed by atoms with E-state index in [9.17, 15) is 0 Å². The fourth-order valence-corrected chi connectivity index (χ4v) is 1.74. The third-order valence-electron chi connectivity index (χ3n) is 2.11. The molecule has 3 heteroatoms. The zero-order valence-electron chi connectivity index (χ0n) is 6.31. The molecule has 0 saturated carbocycles. The highest BCUT2D eigenvalue weighted by molar-refractivity contribution is 6.52. The van der Waals surface area contributed by atoms with E-state index in [0.29, 0.717) is 0 Å². The summed E-state index contributed by atoms with van der Waals surface area (Å²) in [4.78, 5) is 0. The average molecular weight is 141 g/mol. The molecular formula is C6H14BOSi. The van der Waals surface area contributed by atoms with Crippen molar-refractivity contribution in [2.45, 2.75) is 31.2 Å². The van der Waals surface area contributed by atoms with E-state index in [2.05, 4.69) is 14.1 Å². The van der Waals surface area contributed by atoms with E-state index in [4.69, 9.17) is 4.74 Å². The van der Waals surface area contributed by atoms with E-state index < -0.39 is 0 Å². The summed E-state index contributed by atoms with van der Waals surface area (Å²) in [6.45, 7) is 3.09. The maximum absolute atomic E-state index is 5.62. The van der Waals surface area contributed by atoms with Crippen molar-refractivity contribution in [1.82, 2.24) is 0 Å². The second-order valence-electron chi connectivity index (χ2n) is 2.91. The van der Waals surface area contributed by atoms with Crippen LogP contribution in [0.3, 0.4) is 0 Å². The summed E-state index contributed by atoms with van der Waals surface area (Å²) < 4.78 is 5.62. The van der Waals surface area contributed by atoms with Gasteiger partial charge in [0.05, 0.1) is 0 Å². The molecule has 1 aliphatic rings. The summed E-state index contributed by atoms with van der Waals surface area (Å²) in [5.41, 5.74) is 0. The SMILES string of the molecule is C[B]C1([SiH3])CCCCO1. The van der Waals surface area contributed by atoms with Crippen molar-refractivity contribution in [2.75, 3.05) is 6.61 Å². The highest BCUT2D eigenvalue weighted by Crippen LogP contribution is 2.19. The number of hydrogen-bond acceptors (Lipinski definition) is 1. The Morgan fingerprint density at radius 1 is 1.56 bits per heavy atom. The van der Waals surface area contributed by atoms with Gasteiger partial charge in [-0.25, -0.2) is 0 Å². The first-order valence-electron chi connectivity index (χ1n) is 3.71. The molecular weight excluding hydrogens is 127 g/mol. The Labute approximate surface area is 60.8 Å². The lowest BCUT2D eigenvalue weighted by atomic mass is 9.70. The topological polar surface area (TPSA) is 9.23 Å². The molecule has 1 aliphatic heterocycles. The van der Waals surface area contributed by atoms with E-state index in [-0.39, 0.29) is 5.12 Å². The van der Waals surface area contributed by atoms with Gasteiger partial charge in [-0.3, -0.25) is 0 Å². The van der Waals surface area contributed by atoms with E-state index in [1.165, 1.54) is 19.3 Å². The highest BCUT2D eigenvalue weighted by Gasteiger charge is 2.25. The fourth-order valence-electron chi connectivity index (χ4n) is 1.18. The van der Waals surface area contributed by atoms with Crippen LogP contribution >= 0.6 is 0 Å². The first kappa shape index (κ1) is 7.35. The standard InChI is InChI=1S/C6H14BOSi/c1-7-6(9)4-2-3-5-8-6/h2-5H2,1,9H3. The molecule has 1 nitrogen and oxygen atoms in total.